The van der Waals surface area contributed by atoms with Crippen LogP contribution in [0.1, 0.15) is 30.4 Å². The molecule has 1 fully saturated rings. The lowest BCUT2D eigenvalue weighted by Gasteiger charge is -2.31. The van der Waals surface area contributed by atoms with Gasteiger partial charge >= 0.3 is 0 Å². The van der Waals surface area contributed by atoms with E-state index in [1.54, 1.807) is 30.6 Å². The summed E-state index contributed by atoms with van der Waals surface area (Å²) in [6.45, 7) is 9.03. The van der Waals surface area contributed by atoms with E-state index in [1.165, 1.54) is 10.4 Å². The summed E-state index contributed by atoms with van der Waals surface area (Å²) in [7, 11) is -3.68. The quantitative estimate of drug-likeness (QED) is 0.209. The first kappa shape index (κ1) is 28.9. The Balaban J connectivity index is 1.11. The van der Waals surface area contributed by atoms with Crippen LogP contribution < -0.4 is 16.0 Å². The third-order valence-electron chi connectivity index (χ3n) is 7.89. The number of aromatic nitrogens is 3. The van der Waals surface area contributed by atoms with Gasteiger partial charge in [-0.3, -0.25) is 4.98 Å². The fourth-order valence-corrected chi connectivity index (χ4v) is 7.30. The molecule has 12 heteroatoms. The SMILES string of the molecule is [C-]#[N+]c1ccccc1S(=O)(=O)N1CCC(CCNc2ccc3cc2CCc2cncc(c2)Nc2ncc(Cl)c(n2)N3)CC1. The number of aryl methyl sites for hydroxylation is 2. The zero-order chi connectivity index (χ0) is 29.8. The number of rotatable bonds is 6. The first-order valence-electron chi connectivity index (χ1n) is 14.2. The first-order chi connectivity index (χ1) is 20.9. The molecule has 0 saturated carbocycles. The van der Waals surface area contributed by atoms with Gasteiger partial charge in [-0.2, -0.15) is 9.29 Å². The van der Waals surface area contributed by atoms with E-state index < -0.39 is 10.0 Å². The fraction of sp³-hybridized carbons (Fsp3) is 0.290. The third kappa shape index (κ3) is 6.57. The van der Waals surface area contributed by atoms with Crippen LogP contribution in [0.5, 0.6) is 0 Å². The molecule has 4 heterocycles. The van der Waals surface area contributed by atoms with E-state index in [4.69, 9.17) is 18.2 Å². The number of halogens is 1. The molecule has 43 heavy (non-hydrogen) atoms. The molecule has 3 N–H and O–H groups in total. The number of nitrogens with zero attached hydrogens (tertiary/aromatic N) is 5. The van der Waals surface area contributed by atoms with Crippen LogP contribution in [-0.4, -0.2) is 47.3 Å². The fourth-order valence-electron chi connectivity index (χ4n) is 5.56. The summed E-state index contributed by atoms with van der Waals surface area (Å²) in [4.78, 5) is 16.7. The summed E-state index contributed by atoms with van der Waals surface area (Å²) in [5.74, 6) is 1.36. The van der Waals surface area contributed by atoms with Gasteiger partial charge < -0.3 is 16.0 Å². The van der Waals surface area contributed by atoms with Crippen molar-refractivity contribution in [2.45, 2.75) is 37.0 Å². The molecule has 1 saturated heterocycles. The average molecular weight is 615 g/mol. The minimum absolute atomic E-state index is 0.0957. The van der Waals surface area contributed by atoms with Gasteiger partial charge in [0.15, 0.2) is 5.82 Å². The molecule has 6 rings (SSSR count). The highest BCUT2D eigenvalue weighted by atomic mass is 35.5. The molecule has 10 nitrogen and oxygen atoms in total. The highest BCUT2D eigenvalue weighted by Gasteiger charge is 2.30. The molecule has 0 unspecified atom stereocenters. The molecule has 2 aromatic heterocycles. The number of para-hydroxylation sites is 1. The summed E-state index contributed by atoms with van der Waals surface area (Å²) in [5, 5.41) is 10.6. The van der Waals surface area contributed by atoms with Crippen molar-refractivity contribution in [1.82, 2.24) is 19.3 Å². The highest BCUT2D eigenvalue weighted by molar-refractivity contribution is 7.89. The third-order valence-corrected chi connectivity index (χ3v) is 10.1. The van der Waals surface area contributed by atoms with Crippen LogP contribution in [0.3, 0.4) is 0 Å². The van der Waals surface area contributed by atoms with Crippen molar-refractivity contribution in [3.63, 3.8) is 0 Å². The Labute approximate surface area is 256 Å². The standard InChI is InChI=1S/C31H31ClN8O2S/c1-33-28-4-2-3-5-29(28)43(41,42)40-14-11-21(12-15-40)10-13-35-27-9-8-24-17-23(27)7-6-22-16-25(19-34-18-22)38-31-36-20-26(32)30(37-24)39-31/h2-5,8-9,16-21,35H,6-7,10-15H2,(H2,36,37,38,39). The average Bonchev–Trinajstić information content (AvgIpc) is 3.03. The van der Waals surface area contributed by atoms with Gasteiger partial charge in [-0.15, -0.1) is 0 Å². The summed E-state index contributed by atoms with van der Waals surface area (Å²) < 4.78 is 27.9. The maximum atomic E-state index is 13.2. The van der Waals surface area contributed by atoms with Crippen LogP contribution in [0.4, 0.5) is 34.5 Å². The number of nitrogens with one attached hydrogen (secondary N) is 3. The van der Waals surface area contributed by atoms with Crippen molar-refractivity contribution in [3.8, 4) is 0 Å². The molecule has 0 spiro atoms. The minimum Gasteiger partial charge on any atom is -0.385 e. The van der Waals surface area contributed by atoms with E-state index in [9.17, 15) is 8.42 Å². The Morgan fingerprint density at radius 1 is 1.02 bits per heavy atom. The number of hydrogen-bond acceptors (Lipinski definition) is 8. The van der Waals surface area contributed by atoms with E-state index in [-0.39, 0.29) is 10.6 Å². The second-order valence-electron chi connectivity index (χ2n) is 10.7. The van der Waals surface area contributed by atoms with Crippen molar-refractivity contribution in [2.24, 2.45) is 5.92 Å². The van der Waals surface area contributed by atoms with Gasteiger partial charge in [0.2, 0.25) is 21.7 Å². The normalized spacial score (nSPS) is 15.5. The van der Waals surface area contributed by atoms with Gasteiger partial charge in [0.05, 0.1) is 29.5 Å². The molecule has 0 radical (unpaired) electrons. The summed E-state index contributed by atoms with van der Waals surface area (Å²) >= 11 is 6.40. The lowest BCUT2D eigenvalue weighted by atomic mass is 9.94. The zero-order valence-corrected chi connectivity index (χ0v) is 25.0. The monoisotopic (exact) mass is 614 g/mol. The Hall–Kier alpha value is -4.24. The van der Waals surface area contributed by atoms with E-state index in [0.717, 1.165) is 66.8 Å². The van der Waals surface area contributed by atoms with Crippen LogP contribution in [0, 0.1) is 12.5 Å². The molecule has 2 aliphatic rings. The second kappa shape index (κ2) is 12.6. The molecule has 2 aliphatic heterocycles. The molecule has 2 aromatic carbocycles. The number of benzene rings is 2. The first-order valence-corrected chi connectivity index (χ1v) is 16.0. The minimum atomic E-state index is -3.68. The van der Waals surface area contributed by atoms with Crippen molar-refractivity contribution in [3.05, 3.63) is 94.7 Å². The maximum absolute atomic E-state index is 13.2. The number of anilines is 5. The molecule has 0 aliphatic carbocycles. The zero-order valence-electron chi connectivity index (χ0n) is 23.4. The largest absolute Gasteiger partial charge is 0.385 e. The van der Waals surface area contributed by atoms with Gasteiger partial charge in [0.1, 0.15) is 5.02 Å². The van der Waals surface area contributed by atoms with Crippen molar-refractivity contribution in [2.75, 3.05) is 35.6 Å². The number of fused-ring (bicyclic) bond motifs is 6. The molecule has 4 aromatic rings. The molecular formula is C31H31ClN8O2S. The topological polar surface area (TPSA) is 116 Å². The van der Waals surface area contributed by atoms with E-state index in [0.29, 0.717) is 35.8 Å². The number of pyridine rings is 1. The van der Waals surface area contributed by atoms with Crippen LogP contribution in [0.25, 0.3) is 4.85 Å². The predicted molar refractivity (Wildman–Crippen MR) is 169 cm³/mol. The number of hydrogen-bond donors (Lipinski definition) is 3. The van der Waals surface area contributed by atoms with Crippen LogP contribution in [0.2, 0.25) is 5.02 Å². The Bertz CT molecular complexity index is 1790. The van der Waals surface area contributed by atoms with Crippen molar-refractivity contribution < 1.29 is 8.42 Å². The van der Waals surface area contributed by atoms with Crippen LogP contribution in [-0.2, 0) is 22.9 Å². The van der Waals surface area contributed by atoms with E-state index >= 15 is 0 Å². The van der Waals surface area contributed by atoms with Gasteiger partial charge in [-0.1, -0.05) is 35.9 Å². The lowest BCUT2D eigenvalue weighted by molar-refractivity contribution is 0.267. The van der Waals surface area contributed by atoms with Crippen molar-refractivity contribution in [1.29, 1.82) is 0 Å². The predicted octanol–water partition coefficient (Wildman–Crippen LogP) is 6.56. The van der Waals surface area contributed by atoms with Gasteiger partial charge in [-0.05, 0) is 73.4 Å². The molecule has 0 atom stereocenters. The maximum Gasteiger partial charge on any atom is 0.233 e. The highest BCUT2D eigenvalue weighted by Crippen LogP contribution is 2.32. The van der Waals surface area contributed by atoms with Crippen LogP contribution in [0.15, 0.2) is 72.0 Å². The van der Waals surface area contributed by atoms with E-state index in [2.05, 4.69) is 53.9 Å². The second-order valence-corrected chi connectivity index (χ2v) is 13.0. The lowest BCUT2D eigenvalue weighted by Crippen LogP contribution is -2.38. The molecular weight excluding hydrogens is 584 g/mol. The Kier molecular flexibility index (Phi) is 8.42. The number of sulfonamides is 1. The van der Waals surface area contributed by atoms with E-state index in [1.807, 2.05) is 12.3 Å². The summed E-state index contributed by atoms with van der Waals surface area (Å²) in [6.07, 6.45) is 9.31. The van der Waals surface area contributed by atoms with Gasteiger partial charge in [0, 0.05) is 37.2 Å². The van der Waals surface area contributed by atoms with Gasteiger partial charge in [-0.25, -0.2) is 18.2 Å². The summed E-state index contributed by atoms with van der Waals surface area (Å²) in [6, 6.07) is 14.7. The Morgan fingerprint density at radius 3 is 2.70 bits per heavy atom. The molecule has 6 bridgehead atoms. The smallest absolute Gasteiger partial charge is 0.233 e. The molecule has 220 valence electrons. The molecule has 0 amide bonds. The number of piperidine rings is 1. The van der Waals surface area contributed by atoms with Crippen molar-refractivity contribution >= 4 is 56.1 Å². The van der Waals surface area contributed by atoms with Gasteiger partial charge in [0.25, 0.3) is 0 Å². The van der Waals surface area contributed by atoms with Crippen LogP contribution >= 0.6 is 11.6 Å². The summed E-state index contributed by atoms with van der Waals surface area (Å²) in [5.41, 5.74) is 5.18. The Morgan fingerprint density at radius 2 is 1.86 bits per heavy atom.